The fourth-order valence-corrected chi connectivity index (χ4v) is 2.18. The molecule has 1 unspecified atom stereocenters. The molecule has 1 saturated heterocycles. The normalized spacial score (nSPS) is 21.5. The highest BCUT2D eigenvalue weighted by Gasteiger charge is 2.18. The van der Waals surface area contributed by atoms with Crippen LogP contribution in [0.4, 0.5) is 8.78 Å². The zero-order valence-corrected chi connectivity index (χ0v) is 9.51. The van der Waals surface area contributed by atoms with Gasteiger partial charge in [-0.2, -0.15) is 0 Å². The van der Waals surface area contributed by atoms with E-state index in [2.05, 4.69) is 5.32 Å². The van der Waals surface area contributed by atoms with E-state index in [-0.39, 0.29) is 11.9 Å². The van der Waals surface area contributed by atoms with Crippen molar-refractivity contribution in [2.75, 3.05) is 0 Å². The monoisotopic (exact) mass is 239 g/mol. The summed E-state index contributed by atoms with van der Waals surface area (Å²) in [7, 11) is 0. The van der Waals surface area contributed by atoms with E-state index in [1.165, 1.54) is 12.1 Å². The Morgan fingerprint density at radius 3 is 2.47 bits per heavy atom. The Morgan fingerprint density at radius 2 is 1.76 bits per heavy atom. The summed E-state index contributed by atoms with van der Waals surface area (Å²) in [5, 5.41) is 2.82. The molecule has 92 valence electrons. The molecule has 2 rings (SSSR count). The molecule has 0 bridgehead atoms. The number of carbonyl (C=O) groups is 1. The molecule has 1 heterocycles. The topological polar surface area (TPSA) is 29.1 Å². The molecular formula is C13H15F2NO. The smallest absolute Gasteiger partial charge is 0.220 e. The maximum atomic E-state index is 13.1. The van der Waals surface area contributed by atoms with Gasteiger partial charge in [0, 0.05) is 12.5 Å². The van der Waals surface area contributed by atoms with Crippen LogP contribution in [0.1, 0.15) is 43.7 Å². The molecule has 1 atom stereocenters. The molecule has 1 fully saturated rings. The van der Waals surface area contributed by atoms with Crippen molar-refractivity contribution in [2.45, 2.75) is 38.1 Å². The van der Waals surface area contributed by atoms with Crippen LogP contribution >= 0.6 is 0 Å². The molecule has 1 aromatic rings. The zero-order chi connectivity index (χ0) is 12.3. The molecule has 1 N–H and O–H groups in total. The first-order chi connectivity index (χ1) is 8.15. The maximum absolute atomic E-state index is 13.1. The standard InChI is InChI=1S/C13H15F2NO/c14-10-6-9(7-11(15)8-10)12-4-2-1-3-5-13(17)16-12/h6-8,12H,1-5H2,(H,16,17). The number of amides is 1. The number of hydrogen-bond donors (Lipinski definition) is 1. The Labute approximate surface area is 99.0 Å². The van der Waals surface area contributed by atoms with Crippen LogP contribution < -0.4 is 5.32 Å². The van der Waals surface area contributed by atoms with E-state index in [1.54, 1.807) is 0 Å². The van der Waals surface area contributed by atoms with Gasteiger partial charge in [0.05, 0.1) is 6.04 Å². The fraction of sp³-hybridized carbons (Fsp3) is 0.462. The Bertz CT molecular complexity index is 400. The van der Waals surface area contributed by atoms with E-state index in [1.807, 2.05) is 0 Å². The van der Waals surface area contributed by atoms with E-state index in [4.69, 9.17) is 0 Å². The van der Waals surface area contributed by atoms with Crippen LogP contribution in [0.15, 0.2) is 18.2 Å². The number of halogens is 2. The van der Waals surface area contributed by atoms with E-state index in [9.17, 15) is 13.6 Å². The molecule has 17 heavy (non-hydrogen) atoms. The maximum Gasteiger partial charge on any atom is 0.220 e. The SMILES string of the molecule is O=C1CCCCCC(c2cc(F)cc(F)c2)N1. The molecule has 0 aromatic heterocycles. The molecule has 1 aromatic carbocycles. The van der Waals surface area contributed by atoms with Crippen molar-refractivity contribution in [3.63, 3.8) is 0 Å². The molecule has 0 saturated carbocycles. The lowest BCUT2D eigenvalue weighted by molar-refractivity contribution is -0.122. The third-order valence-electron chi connectivity index (χ3n) is 3.02. The molecule has 0 aliphatic carbocycles. The Morgan fingerprint density at radius 1 is 1.06 bits per heavy atom. The van der Waals surface area contributed by atoms with E-state index >= 15 is 0 Å². The highest BCUT2D eigenvalue weighted by Crippen LogP contribution is 2.24. The Balaban J connectivity index is 2.20. The van der Waals surface area contributed by atoms with Gasteiger partial charge in [0.1, 0.15) is 11.6 Å². The molecular weight excluding hydrogens is 224 g/mol. The van der Waals surface area contributed by atoms with Gasteiger partial charge in [0.15, 0.2) is 0 Å². The van der Waals surface area contributed by atoms with Crippen LogP contribution in [0.2, 0.25) is 0 Å². The molecule has 0 radical (unpaired) electrons. The summed E-state index contributed by atoms with van der Waals surface area (Å²) in [6.45, 7) is 0. The van der Waals surface area contributed by atoms with Crippen LogP contribution in [-0.2, 0) is 4.79 Å². The fourth-order valence-electron chi connectivity index (χ4n) is 2.18. The highest BCUT2D eigenvalue weighted by molar-refractivity contribution is 5.76. The van der Waals surface area contributed by atoms with Crippen LogP contribution in [0, 0.1) is 11.6 Å². The third kappa shape index (κ3) is 3.25. The second-order valence-electron chi connectivity index (χ2n) is 4.42. The van der Waals surface area contributed by atoms with Crippen molar-refractivity contribution < 1.29 is 13.6 Å². The first-order valence-corrected chi connectivity index (χ1v) is 5.90. The third-order valence-corrected chi connectivity index (χ3v) is 3.02. The summed E-state index contributed by atoms with van der Waals surface area (Å²) >= 11 is 0. The second kappa shape index (κ2) is 5.25. The van der Waals surface area contributed by atoms with Gasteiger partial charge in [0.2, 0.25) is 5.91 Å². The molecule has 4 heteroatoms. The zero-order valence-electron chi connectivity index (χ0n) is 9.51. The molecule has 1 aliphatic rings. The minimum Gasteiger partial charge on any atom is -0.349 e. The second-order valence-corrected chi connectivity index (χ2v) is 4.42. The van der Waals surface area contributed by atoms with E-state index in [0.717, 1.165) is 31.7 Å². The number of hydrogen-bond acceptors (Lipinski definition) is 1. The van der Waals surface area contributed by atoms with Gasteiger partial charge in [-0.15, -0.1) is 0 Å². The van der Waals surface area contributed by atoms with Gasteiger partial charge in [0.25, 0.3) is 0 Å². The van der Waals surface area contributed by atoms with Crippen molar-refractivity contribution in [2.24, 2.45) is 0 Å². The molecule has 1 aliphatic heterocycles. The van der Waals surface area contributed by atoms with Crippen LogP contribution in [0.3, 0.4) is 0 Å². The highest BCUT2D eigenvalue weighted by atomic mass is 19.1. The molecule has 2 nitrogen and oxygen atoms in total. The lowest BCUT2D eigenvalue weighted by Gasteiger charge is -2.21. The number of benzene rings is 1. The van der Waals surface area contributed by atoms with Gasteiger partial charge in [-0.1, -0.05) is 12.8 Å². The van der Waals surface area contributed by atoms with Crippen molar-refractivity contribution in [3.8, 4) is 0 Å². The molecule has 0 spiro atoms. The predicted octanol–water partition coefficient (Wildman–Crippen LogP) is 3.09. The minimum absolute atomic E-state index is 0.0423. The largest absolute Gasteiger partial charge is 0.349 e. The van der Waals surface area contributed by atoms with Gasteiger partial charge in [-0.3, -0.25) is 4.79 Å². The van der Waals surface area contributed by atoms with Gasteiger partial charge in [-0.25, -0.2) is 8.78 Å². The van der Waals surface area contributed by atoms with Crippen LogP contribution in [0.5, 0.6) is 0 Å². The van der Waals surface area contributed by atoms with Gasteiger partial charge >= 0.3 is 0 Å². The summed E-state index contributed by atoms with van der Waals surface area (Å²) < 4.78 is 26.2. The van der Waals surface area contributed by atoms with Crippen molar-refractivity contribution in [3.05, 3.63) is 35.4 Å². The van der Waals surface area contributed by atoms with Crippen LogP contribution in [-0.4, -0.2) is 5.91 Å². The lowest BCUT2D eigenvalue weighted by Crippen LogP contribution is -2.29. The van der Waals surface area contributed by atoms with Gasteiger partial charge < -0.3 is 5.32 Å². The van der Waals surface area contributed by atoms with Gasteiger partial charge in [-0.05, 0) is 30.5 Å². The van der Waals surface area contributed by atoms with Crippen molar-refractivity contribution in [1.82, 2.24) is 5.32 Å². The first kappa shape index (κ1) is 12.0. The number of nitrogens with one attached hydrogen (secondary N) is 1. The summed E-state index contributed by atoms with van der Waals surface area (Å²) in [6, 6.07) is 3.15. The summed E-state index contributed by atoms with van der Waals surface area (Å²) in [4.78, 5) is 11.5. The predicted molar refractivity (Wildman–Crippen MR) is 60.3 cm³/mol. The number of rotatable bonds is 1. The summed E-state index contributed by atoms with van der Waals surface area (Å²) in [5.41, 5.74) is 0.512. The Kier molecular flexibility index (Phi) is 3.71. The average Bonchev–Trinajstić information content (AvgIpc) is 2.21. The minimum atomic E-state index is -0.601. The average molecular weight is 239 g/mol. The first-order valence-electron chi connectivity index (χ1n) is 5.90. The lowest BCUT2D eigenvalue weighted by atomic mass is 9.97. The van der Waals surface area contributed by atoms with Crippen LogP contribution in [0.25, 0.3) is 0 Å². The Hall–Kier alpha value is -1.45. The quantitative estimate of drug-likeness (QED) is 0.801. The summed E-state index contributed by atoms with van der Waals surface area (Å²) in [5.74, 6) is -1.24. The van der Waals surface area contributed by atoms with E-state index < -0.39 is 11.6 Å². The summed E-state index contributed by atoms with van der Waals surface area (Å²) in [6.07, 6.45) is 4.06. The van der Waals surface area contributed by atoms with Crippen molar-refractivity contribution >= 4 is 5.91 Å². The van der Waals surface area contributed by atoms with Crippen molar-refractivity contribution in [1.29, 1.82) is 0 Å². The number of carbonyl (C=O) groups excluding carboxylic acids is 1. The molecule has 1 amide bonds. The van der Waals surface area contributed by atoms with E-state index in [0.29, 0.717) is 12.0 Å².